The third kappa shape index (κ3) is 5.08. The van der Waals surface area contributed by atoms with E-state index in [9.17, 15) is 4.79 Å². The lowest BCUT2D eigenvalue weighted by Gasteiger charge is -2.26. The van der Waals surface area contributed by atoms with Gasteiger partial charge in [-0.1, -0.05) is 65.8 Å². The molecule has 2 aliphatic rings. The lowest BCUT2D eigenvalue weighted by atomic mass is 10.1. The molecule has 1 amide bonds. The van der Waals surface area contributed by atoms with Crippen molar-refractivity contribution in [2.45, 2.75) is 6.92 Å². The van der Waals surface area contributed by atoms with Crippen LogP contribution in [0.4, 0.5) is 0 Å². The zero-order valence-corrected chi connectivity index (χ0v) is 21.0. The number of carbonyl (C=O) groups excluding carboxylic acids is 1. The summed E-state index contributed by atoms with van der Waals surface area (Å²) in [6.07, 6.45) is 1.69. The second kappa shape index (κ2) is 10.4. The fourth-order valence-corrected chi connectivity index (χ4v) is 4.77. The first-order chi connectivity index (χ1) is 17.5. The zero-order valence-electron chi connectivity index (χ0n) is 19.4. The maximum atomic E-state index is 12.7. The van der Waals surface area contributed by atoms with Crippen LogP contribution < -0.4 is 9.47 Å². The van der Waals surface area contributed by atoms with Gasteiger partial charge in [0.15, 0.2) is 5.17 Å². The summed E-state index contributed by atoms with van der Waals surface area (Å²) < 4.78 is 11.5. The van der Waals surface area contributed by atoms with Gasteiger partial charge < -0.3 is 9.47 Å². The van der Waals surface area contributed by atoms with Gasteiger partial charge in [0.05, 0.1) is 11.3 Å². The van der Waals surface area contributed by atoms with Gasteiger partial charge in [0.2, 0.25) is 0 Å². The van der Waals surface area contributed by atoms with Crippen LogP contribution in [0.2, 0.25) is 5.02 Å². The maximum absolute atomic E-state index is 12.7. The Balaban J connectivity index is 1.23. The molecule has 36 heavy (non-hydrogen) atoms. The van der Waals surface area contributed by atoms with Crippen LogP contribution in [0, 0.1) is 12.3 Å². The Morgan fingerprint density at radius 2 is 1.69 bits per heavy atom. The number of rotatable bonds is 7. The predicted octanol–water partition coefficient (Wildman–Crippen LogP) is 6.41. The molecule has 3 aromatic carbocycles. The number of nitrogens with zero attached hydrogens (tertiary/aromatic N) is 2. The Morgan fingerprint density at radius 1 is 1.00 bits per heavy atom. The van der Waals surface area contributed by atoms with Gasteiger partial charge in [-0.3, -0.25) is 15.1 Å². The molecule has 0 aromatic heterocycles. The molecule has 3 aromatic rings. The van der Waals surface area contributed by atoms with Gasteiger partial charge in [-0.2, -0.15) is 4.99 Å². The number of nitrogens with one attached hydrogen (secondary N) is 1. The molecule has 0 saturated carbocycles. The van der Waals surface area contributed by atoms with Crippen LogP contribution in [-0.4, -0.2) is 35.0 Å². The van der Waals surface area contributed by atoms with Crippen LogP contribution in [0.15, 0.2) is 88.8 Å². The van der Waals surface area contributed by atoms with E-state index in [1.165, 1.54) is 11.8 Å². The molecule has 0 bridgehead atoms. The van der Waals surface area contributed by atoms with Crippen molar-refractivity contribution < 1.29 is 14.3 Å². The summed E-state index contributed by atoms with van der Waals surface area (Å²) in [6, 6.07) is 22.6. The van der Waals surface area contributed by atoms with Gasteiger partial charge in [0, 0.05) is 10.4 Å². The minimum absolute atomic E-state index is 0.111. The highest BCUT2D eigenvalue weighted by Crippen LogP contribution is 2.37. The molecule has 0 aliphatic carbocycles. The summed E-state index contributed by atoms with van der Waals surface area (Å²) in [5.41, 5.74) is 3.78. The molecule has 2 aliphatic heterocycles. The number of amidine groups is 2. The smallest absolute Gasteiger partial charge is 0.283 e. The standard InChI is InChI=1S/C28H22ClN3O3S/c1-18-15-22(11-12-24(18)29)35-14-13-34-21-9-7-19(8-10-21)16-23-26(30)32-25(20-5-3-2-4-6-20)17-36-28(32)31-27(23)33/h2-12,15-17,30H,13-14H2,1H3. The quantitative estimate of drug-likeness (QED) is 0.290. The van der Waals surface area contributed by atoms with E-state index in [1.54, 1.807) is 11.0 Å². The van der Waals surface area contributed by atoms with Gasteiger partial charge in [-0.15, -0.1) is 0 Å². The van der Waals surface area contributed by atoms with Gasteiger partial charge in [-0.05, 0) is 60.0 Å². The second-order valence-electron chi connectivity index (χ2n) is 8.11. The number of amides is 1. The molecule has 5 rings (SSSR count). The monoisotopic (exact) mass is 515 g/mol. The number of benzene rings is 3. The molecular formula is C28H22ClN3O3S. The van der Waals surface area contributed by atoms with Crippen LogP contribution >= 0.6 is 23.4 Å². The van der Waals surface area contributed by atoms with Crippen LogP contribution in [-0.2, 0) is 4.79 Å². The normalized spacial score (nSPS) is 16.1. The number of halogens is 1. The van der Waals surface area contributed by atoms with Crippen molar-refractivity contribution in [3.8, 4) is 11.5 Å². The maximum Gasteiger partial charge on any atom is 0.283 e. The van der Waals surface area contributed by atoms with E-state index in [0.29, 0.717) is 29.2 Å². The lowest BCUT2D eigenvalue weighted by molar-refractivity contribution is -0.114. The Labute approximate surface area is 218 Å². The van der Waals surface area contributed by atoms with E-state index in [-0.39, 0.29) is 11.4 Å². The molecule has 8 heteroatoms. The van der Waals surface area contributed by atoms with E-state index in [1.807, 2.05) is 85.1 Å². The number of aliphatic imine (C=N–C) groups is 1. The summed E-state index contributed by atoms with van der Waals surface area (Å²) >= 11 is 7.39. The SMILES string of the molecule is Cc1cc(OCCOc2ccc(C=C3C(=N)N4C(c5ccccc5)=CSC4=NC3=O)cc2)ccc1Cl. The van der Waals surface area contributed by atoms with E-state index < -0.39 is 5.91 Å². The summed E-state index contributed by atoms with van der Waals surface area (Å²) in [5.74, 6) is 1.12. The summed E-state index contributed by atoms with van der Waals surface area (Å²) in [7, 11) is 0. The first-order valence-electron chi connectivity index (χ1n) is 11.3. The molecule has 0 fully saturated rings. The van der Waals surface area contributed by atoms with Gasteiger partial charge in [-0.25, -0.2) is 0 Å². The van der Waals surface area contributed by atoms with Gasteiger partial charge in [0.25, 0.3) is 5.91 Å². The Kier molecular flexibility index (Phi) is 6.93. The van der Waals surface area contributed by atoms with Crippen molar-refractivity contribution in [1.82, 2.24) is 4.90 Å². The van der Waals surface area contributed by atoms with Crippen molar-refractivity contribution in [3.63, 3.8) is 0 Å². The number of hydrogen-bond acceptors (Lipinski definition) is 5. The molecule has 1 N–H and O–H groups in total. The van der Waals surface area contributed by atoms with Crippen LogP contribution in [0.25, 0.3) is 11.8 Å². The largest absolute Gasteiger partial charge is 0.490 e. The van der Waals surface area contributed by atoms with Crippen molar-refractivity contribution >= 4 is 52.0 Å². The molecule has 0 atom stereocenters. The minimum Gasteiger partial charge on any atom is -0.490 e. The molecule has 2 heterocycles. The van der Waals surface area contributed by atoms with Crippen molar-refractivity contribution in [1.29, 1.82) is 5.41 Å². The first kappa shape index (κ1) is 23.9. The Hall–Kier alpha value is -3.81. The van der Waals surface area contributed by atoms with Crippen LogP contribution in [0.3, 0.4) is 0 Å². The average molecular weight is 516 g/mol. The highest BCUT2D eigenvalue weighted by molar-refractivity contribution is 8.17. The third-order valence-corrected chi connectivity index (χ3v) is 6.88. The lowest BCUT2D eigenvalue weighted by Crippen LogP contribution is -2.38. The summed E-state index contributed by atoms with van der Waals surface area (Å²) in [4.78, 5) is 18.6. The number of ether oxygens (including phenoxy) is 2. The zero-order chi connectivity index (χ0) is 25.1. The van der Waals surface area contributed by atoms with Crippen LogP contribution in [0.1, 0.15) is 16.7 Å². The molecule has 0 spiro atoms. The number of aryl methyl sites for hydroxylation is 1. The number of hydrogen-bond donors (Lipinski definition) is 1. The fraction of sp³-hybridized carbons (Fsp3) is 0.107. The number of carbonyl (C=O) groups is 1. The molecular weight excluding hydrogens is 494 g/mol. The molecule has 180 valence electrons. The predicted molar refractivity (Wildman–Crippen MR) is 146 cm³/mol. The van der Waals surface area contributed by atoms with Crippen molar-refractivity contribution in [2.75, 3.05) is 13.2 Å². The summed E-state index contributed by atoms with van der Waals surface area (Å²) in [5, 5.41) is 11.9. The Morgan fingerprint density at radius 3 is 2.42 bits per heavy atom. The molecule has 0 saturated heterocycles. The molecule has 0 radical (unpaired) electrons. The highest BCUT2D eigenvalue weighted by Gasteiger charge is 2.36. The number of fused-ring (bicyclic) bond motifs is 1. The van der Waals surface area contributed by atoms with E-state index in [0.717, 1.165) is 28.1 Å². The minimum atomic E-state index is -0.420. The summed E-state index contributed by atoms with van der Waals surface area (Å²) in [6.45, 7) is 2.70. The second-order valence-corrected chi connectivity index (χ2v) is 9.35. The number of thioether (sulfide) groups is 1. The van der Waals surface area contributed by atoms with E-state index in [2.05, 4.69) is 4.99 Å². The van der Waals surface area contributed by atoms with Gasteiger partial charge in [0.1, 0.15) is 30.5 Å². The highest BCUT2D eigenvalue weighted by atomic mass is 35.5. The topological polar surface area (TPSA) is 75.0 Å². The van der Waals surface area contributed by atoms with Gasteiger partial charge >= 0.3 is 0 Å². The third-order valence-electron chi connectivity index (χ3n) is 5.63. The van der Waals surface area contributed by atoms with E-state index >= 15 is 0 Å². The molecule has 6 nitrogen and oxygen atoms in total. The van der Waals surface area contributed by atoms with Crippen molar-refractivity contribution in [2.24, 2.45) is 4.99 Å². The van der Waals surface area contributed by atoms with Crippen LogP contribution in [0.5, 0.6) is 11.5 Å². The fourth-order valence-electron chi connectivity index (χ4n) is 3.77. The molecule has 0 unspecified atom stereocenters. The van der Waals surface area contributed by atoms with Crippen molar-refractivity contribution in [3.05, 3.63) is 105 Å². The average Bonchev–Trinajstić information content (AvgIpc) is 3.32. The van der Waals surface area contributed by atoms with E-state index in [4.69, 9.17) is 26.5 Å². The first-order valence-corrected chi connectivity index (χ1v) is 12.5. The Bertz CT molecular complexity index is 1420.